The molecule has 0 bridgehead atoms. The van der Waals surface area contributed by atoms with E-state index in [1.54, 1.807) is 6.07 Å². The Morgan fingerprint density at radius 1 is 1.47 bits per heavy atom. The molecule has 1 saturated heterocycles. The number of rotatable bonds is 6. The van der Waals surface area contributed by atoms with Crippen LogP contribution in [0.4, 0.5) is 10.1 Å². The molecule has 1 aromatic rings. The summed E-state index contributed by atoms with van der Waals surface area (Å²) in [6.07, 6.45) is 2.05. The highest BCUT2D eigenvalue weighted by Gasteiger charge is 2.24. The fourth-order valence-electron chi connectivity index (χ4n) is 2.51. The molecule has 0 aliphatic carbocycles. The van der Waals surface area contributed by atoms with Gasteiger partial charge in [0.25, 0.3) is 0 Å². The van der Waals surface area contributed by atoms with E-state index in [0.29, 0.717) is 18.8 Å². The van der Waals surface area contributed by atoms with Crippen LogP contribution in [0.15, 0.2) is 18.2 Å². The first kappa shape index (κ1) is 14.3. The van der Waals surface area contributed by atoms with Gasteiger partial charge >= 0.3 is 0 Å². The minimum absolute atomic E-state index is 0.148. The standard InChI is InChI=1S/C15H23FN2O/c1-3-8-17-10-12-5-4-6-14(16)15(12)18(2)13-7-9-19-11-13/h4-6,13,17H,3,7-11H2,1-2H3. The van der Waals surface area contributed by atoms with Crippen molar-refractivity contribution in [1.82, 2.24) is 5.32 Å². The maximum Gasteiger partial charge on any atom is 0.146 e. The van der Waals surface area contributed by atoms with Gasteiger partial charge in [-0.25, -0.2) is 4.39 Å². The van der Waals surface area contributed by atoms with E-state index in [1.807, 2.05) is 18.0 Å². The van der Waals surface area contributed by atoms with Crippen LogP contribution in [0, 0.1) is 5.82 Å². The zero-order chi connectivity index (χ0) is 13.7. The summed E-state index contributed by atoms with van der Waals surface area (Å²) in [5.74, 6) is -0.148. The lowest BCUT2D eigenvalue weighted by Crippen LogP contribution is -2.33. The van der Waals surface area contributed by atoms with E-state index in [4.69, 9.17) is 4.74 Å². The molecule has 2 rings (SSSR count). The van der Waals surface area contributed by atoms with Crippen LogP contribution in [0.3, 0.4) is 0 Å². The van der Waals surface area contributed by atoms with Crippen molar-refractivity contribution in [3.05, 3.63) is 29.6 Å². The first-order chi connectivity index (χ1) is 9.24. The average molecular weight is 266 g/mol. The largest absolute Gasteiger partial charge is 0.379 e. The van der Waals surface area contributed by atoms with Gasteiger partial charge in [0.05, 0.1) is 18.3 Å². The van der Waals surface area contributed by atoms with Crippen molar-refractivity contribution >= 4 is 5.69 Å². The van der Waals surface area contributed by atoms with Gasteiger partial charge in [0.15, 0.2) is 0 Å². The minimum Gasteiger partial charge on any atom is -0.379 e. The van der Waals surface area contributed by atoms with Crippen LogP contribution in [0.2, 0.25) is 0 Å². The van der Waals surface area contributed by atoms with Crippen LogP contribution in [0.5, 0.6) is 0 Å². The van der Waals surface area contributed by atoms with Crippen molar-refractivity contribution in [2.75, 3.05) is 31.7 Å². The van der Waals surface area contributed by atoms with Crippen molar-refractivity contribution in [3.63, 3.8) is 0 Å². The Kier molecular flexibility index (Phi) is 5.16. The maximum absolute atomic E-state index is 14.2. The van der Waals surface area contributed by atoms with E-state index >= 15 is 0 Å². The van der Waals surface area contributed by atoms with Crippen molar-refractivity contribution < 1.29 is 9.13 Å². The molecule has 0 radical (unpaired) electrons. The third-order valence-corrected chi connectivity index (χ3v) is 3.62. The molecule has 0 amide bonds. The van der Waals surface area contributed by atoms with Gasteiger partial charge in [0.1, 0.15) is 5.82 Å². The lowest BCUT2D eigenvalue weighted by molar-refractivity contribution is 0.193. The summed E-state index contributed by atoms with van der Waals surface area (Å²) in [6.45, 7) is 5.24. The van der Waals surface area contributed by atoms with Gasteiger partial charge < -0.3 is 15.0 Å². The predicted octanol–water partition coefficient (Wildman–Crippen LogP) is 2.55. The Labute approximate surface area is 114 Å². The highest BCUT2D eigenvalue weighted by Crippen LogP contribution is 2.27. The number of hydrogen-bond donors (Lipinski definition) is 1. The topological polar surface area (TPSA) is 24.5 Å². The van der Waals surface area contributed by atoms with E-state index in [2.05, 4.69) is 12.2 Å². The number of likely N-dealkylation sites (N-methyl/N-ethyl adjacent to an activating group) is 1. The third kappa shape index (κ3) is 3.45. The number of para-hydroxylation sites is 1. The number of nitrogens with zero attached hydrogens (tertiary/aromatic N) is 1. The van der Waals surface area contributed by atoms with E-state index < -0.39 is 0 Å². The van der Waals surface area contributed by atoms with Crippen molar-refractivity contribution in [3.8, 4) is 0 Å². The van der Waals surface area contributed by atoms with Crippen LogP contribution < -0.4 is 10.2 Å². The Balaban J connectivity index is 2.16. The zero-order valence-corrected chi connectivity index (χ0v) is 11.8. The molecule has 1 aliphatic rings. The molecule has 106 valence electrons. The summed E-state index contributed by atoms with van der Waals surface area (Å²) in [7, 11) is 1.96. The monoisotopic (exact) mass is 266 g/mol. The van der Waals surface area contributed by atoms with Gasteiger partial charge in [-0.05, 0) is 31.0 Å². The van der Waals surface area contributed by atoms with Gasteiger partial charge in [0.2, 0.25) is 0 Å². The molecule has 1 N–H and O–H groups in total. The molecule has 4 heteroatoms. The molecular weight excluding hydrogens is 243 g/mol. The maximum atomic E-state index is 14.2. The highest BCUT2D eigenvalue weighted by molar-refractivity contribution is 5.55. The summed E-state index contributed by atoms with van der Waals surface area (Å²) >= 11 is 0. The predicted molar refractivity (Wildman–Crippen MR) is 76.0 cm³/mol. The quantitative estimate of drug-likeness (QED) is 0.801. The third-order valence-electron chi connectivity index (χ3n) is 3.62. The Bertz CT molecular complexity index is 405. The number of benzene rings is 1. The zero-order valence-electron chi connectivity index (χ0n) is 11.8. The van der Waals surface area contributed by atoms with Crippen LogP contribution in [0.25, 0.3) is 0 Å². The van der Waals surface area contributed by atoms with E-state index in [0.717, 1.165) is 31.6 Å². The first-order valence-corrected chi connectivity index (χ1v) is 7.02. The van der Waals surface area contributed by atoms with Crippen LogP contribution >= 0.6 is 0 Å². The molecule has 0 spiro atoms. The van der Waals surface area contributed by atoms with E-state index in [9.17, 15) is 4.39 Å². The van der Waals surface area contributed by atoms with Gasteiger partial charge in [-0.2, -0.15) is 0 Å². The fraction of sp³-hybridized carbons (Fsp3) is 0.600. The Morgan fingerprint density at radius 3 is 3.00 bits per heavy atom. The summed E-state index contributed by atoms with van der Waals surface area (Å²) in [6, 6.07) is 5.58. The molecule has 1 aromatic carbocycles. The van der Waals surface area contributed by atoms with Gasteiger partial charge in [-0.3, -0.25) is 0 Å². The van der Waals surface area contributed by atoms with Gasteiger partial charge in [-0.1, -0.05) is 19.1 Å². The van der Waals surface area contributed by atoms with Crippen LogP contribution in [-0.2, 0) is 11.3 Å². The number of hydrogen-bond acceptors (Lipinski definition) is 3. The molecule has 1 aliphatic heterocycles. The summed E-state index contributed by atoms with van der Waals surface area (Å²) in [5, 5.41) is 3.34. The normalized spacial score (nSPS) is 18.8. The van der Waals surface area contributed by atoms with Crippen LogP contribution in [-0.4, -0.2) is 32.8 Å². The van der Waals surface area contributed by atoms with E-state index in [-0.39, 0.29) is 11.9 Å². The molecule has 3 nitrogen and oxygen atoms in total. The molecule has 1 fully saturated rings. The summed E-state index contributed by atoms with van der Waals surface area (Å²) in [4.78, 5) is 2.03. The Morgan fingerprint density at radius 2 is 2.32 bits per heavy atom. The van der Waals surface area contributed by atoms with Crippen molar-refractivity contribution in [2.24, 2.45) is 0 Å². The second-order valence-corrected chi connectivity index (χ2v) is 5.05. The fourth-order valence-corrected chi connectivity index (χ4v) is 2.51. The molecule has 1 heterocycles. The van der Waals surface area contributed by atoms with Crippen molar-refractivity contribution in [1.29, 1.82) is 0 Å². The number of halogens is 1. The molecule has 0 saturated carbocycles. The Hall–Kier alpha value is -1.13. The molecular formula is C15H23FN2O. The number of ether oxygens (including phenoxy) is 1. The van der Waals surface area contributed by atoms with Crippen molar-refractivity contribution in [2.45, 2.75) is 32.4 Å². The minimum atomic E-state index is -0.148. The SMILES string of the molecule is CCCNCc1cccc(F)c1N(C)C1CCOC1. The van der Waals surface area contributed by atoms with Gasteiger partial charge in [0, 0.05) is 20.2 Å². The number of nitrogens with one attached hydrogen (secondary N) is 1. The second kappa shape index (κ2) is 6.87. The van der Waals surface area contributed by atoms with Crippen LogP contribution in [0.1, 0.15) is 25.3 Å². The molecule has 1 unspecified atom stereocenters. The highest BCUT2D eigenvalue weighted by atomic mass is 19.1. The second-order valence-electron chi connectivity index (χ2n) is 5.05. The molecule has 1 atom stereocenters. The summed E-state index contributed by atoms with van der Waals surface area (Å²) < 4.78 is 19.6. The van der Waals surface area contributed by atoms with E-state index in [1.165, 1.54) is 6.07 Å². The van der Waals surface area contributed by atoms with Gasteiger partial charge in [-0.15, -0.1) is 0 Å². The average Bonchev–Trinajstić information content (AvgIpc) is 2.92. The lowest BCUT2D eigenvalue weighted by atomic mass is 10.1. The molecule has 0 aromatic heterocycles. The smallest absolute Gasteiger partial charge is 0.146 e. The summed E-state index contributed by atoms with van der Waals surface area (Å²) in [5.41, 5.74) is 1.73. The molecule has 19 heavy (non-hydrogen) atoms. The lowest BCUT2D eigenvalue weighted by Gasteiger charge is -2.28. The number of anilines is 1. The first-order valence-electron chi connectivity index (χ1n) is 7.02.